The normalized spacial score (nSPS) is 16.8. The van der Waals surface area contributed by atoms with Gasteiger partial charge < -0.3 is 25.0 Å². The third-order valence-electron chi connectivity index (χ3n) is 3.81. The lowest BCUT2D eigenvalue weighted by atomic mass is 10.1. The highest BCUT2D eigenvalue weighted by atomic mass is 35.5. The molecule has 2 rings (SSSR count). The van der Waals surface area contributed by atoms with Gasteiger partial charge in [-0.2, -0.15) is 0 Å². The first-order valence-electron chi connectivity index (χ1n) is 7.60. The average molecular weight is 358 g/mol. The second kappa shape index (κ2) is 9.34. The Balaban J connectivity index is 0.00000288. The van der Waals surface area contributed by atoms with Crippen molar-refractivity contribution in [2.45, 2.75) is 13.0 Å². The van der Waals surface area contributed by atoms with Crippen molar-refractivity contribution in [3.63, 3.8) is 0 Å². The maximum atomic E-state index is 12.6. The number of carbonyl (C=O) groups excluding carboxylic acids is 2. The van der Waals surface area contributed by atoms with Crippen molar-refractivity contribution in [1.29, 1.82) is 0 Å². The van der Waals surface area contributed by atoms with E-state index in [2.05, 4.69) is 10.6 Å². The summed E-state index contributed by atoms with van der Waals surface area (Å²) in [5, 5.41) is 5.74. The van der Waals surface area contributed by atoms with Crippen molar-refractivity contribution < 1.29 is 19.1 Å². The number of amides is 2. The highest BCUT2D eigenvalue weighted by Crippen LogP contribution is 2.28. The van der Waals surface area contributed by atoms with Gasteiger partial charge in [-0.15, -0.1) is 12.4 Å². The van der Waals surface area contributed by atoms with E-state index >= 15 is 0 Å². The van der Waals surface area contributed by atoms with Crippen LogP contribution in [-0.2, 0) is 4.79 Å². The minimum Gasteiger partial charge on any atom is -0.493 e. The van der Waals surface area contributed by atoms with Crippen molar-refractivity contribution in [3.8, 4) is 11.5 Å². The summed E-state index contributed by atoms with van der Waals surface area (Å²) in [5.74, 6) is 0.598. The molecule has 0 aromatic heterocycles. The van der Waals surface area contributed by atoms with E-state index in [4.69, 9.17) is 9.47 Å². The highest BCUT2D eigenvalue weighted by Gasteiger charge is 2.24. The van der Waals surface area contributed by atoms with E-state index in [0.717, 1.165) is 13.1 Å². The molecule has 1 aliphatic rings. The SMILES string of the molecule is CNC(=O)COc1ccc(C(=O)N2CCNC[C@@H]2C)cc1OC.Cl. The monoisotopic (exact) mass is 357 g/mol. The highest BCUT2D eigenvalue weighted by molar-refractivity contribution is 5.95. The number of hydrogen-bond donors (Lipinski definition) is 2. The van der Waals surface area contributed by atoms with E-state index < -0.39 is 0 Å². The number of nitrogens with zero attached hydrogens (tertiary/aromatic N) is 1. The molecular weight excluding hydrogens is 334 g/mol. The van der Waals surface area contributed by atoms with Gasteiger partial charge in [-0.25, -0.2) is 0 Å². The maximum absolute atomic E-state index is 12.6. The van der Waals surface area contributed by atoms with Gasteiger partial charge in [0.15, 0.2) is 18.1 Å². The molecule has 2 N–H and O–H groups in total. The van der Waals surface area contributed by atoms with Gasteiger partial charge in [0.2, 0.25) is 0 Å². The lowest BCUT2D eigenvalue weighted by molar-refractivity contribution is -0.122. The lowest BCUT2D eigenvalue weighted by Crippen LogP contribution is -2.52. The molecule has 1 aromatic carbocycles. The summed E-state index contributed by atoms with van der Waals surface area (Å²) < 4.78 is 10.7. The quantitative estimate of drug-likeness (QED) is 0.810. The predicted octanol–water partition coefficient (Wildman–Crippen LogP) is 0.676. The summed E-state index contributed by atoms with van der Waals surface area (Å²) in [6.07, 6.45) is 0. The van der Waals surface area contributed by atoms with E-state index in [1.807, 2.05) is 11.8 Å². The molecule has 7 nitrogen and oxygen atoms in total. The zero-order chi connectivity index (χ0) is 16.8. The third kappa shape index (κ3) is 4.75. The molecule has 24 heavy (non-hydrogen) atoms. The standard InChI is InChI=1S/C16H23N3O4.ClH/c1-11-9-18-6-7-19(11)16(21)12-4-5-13(14(8-12)22-3)23-10-15(20)17-2;/h4-5,8,11,18H,6-7,9-10H2,1-3H3,(H,17,20);1H/t11-;/m0./s1. The van der Waals surface area contributed by atoms with Crippen molar-refractivity contribution in [2.24, 2.45) is 0 Å². The number of hydrogen-bond acceptors (Lipinski definition) is 5. The van der Waals surface area contributed by atoms with Crippen LogP contribution in [0.1, 0.15) is 17.3 Å². The molecule has 1 aromatic rings. The van der Waals surface area contributed by atoms with Crippen LogP contribution < -0.4 is 20.1 Å². The molecule has 1 saturated heterocycles. The minimum atomic E-state index is -0.234. The Kier molecular flexibility index (Phi) is 7.81. The molecule has 1 heterocycles. The molecule has 0 radical (unpaired) electrons. The molecule has 8 heteroatoms. The Labute approximate surface area is 148 Å². The predicted molar refractivity (Wildman–Crippen MR) is 93.2 cm³/mol. The fourth-order valence-corrected chi connectivity index (χ4v) is 2.44. The first-order chi connectivity index (χ1) is 11.1. The summed E-state index contributed by atoms with van der Waals surface area (Å²) in [6.45, 7) is 4.17. The molecule has 1 atom stereocenters. The van der Waals surface area contributed by atoms with Crippen molar-refractivity contribution in [3.05, 3.63) is 23.8 Å². The molecule has 1 fully saturated rings. The zero-order valence-electron chi connectivity index (χ0n) is 14.1. The Morgan fingerprint density at radius 2 is 2.12 bits per heavy atom. The molecule has 1 aliphatic heterocycles. The maximum Gasteiger partial charge on any atom is 0.257 e. The van der Waals surface area contributed by atoms with Gasteiger partial charge in [0, 0.05) is 38.3 Å². The van der Waals surface area contributed by atoms with Crippen molar-refractivity contribution in [1.82, 2.24) is 15.5 Å². The van der Waals surface area contributed by atoms with Crippen molar-refractivity contribution >= 4 is 24.2 Å². The van der Waals surface area contributed by atoms with Crippen LogP contribution in [0.15, 0.2) is 18.2 Å². The summed E-state index contributed by atoms with van der Waals surface area (Å²) in [6, 6.07) is 5.14. The topological polar surface area (TPSA) is 79.9 Å². The average Bonchev–Trinajstić information content (AvgIpc) is 2.59. The summed E-state index contributed by atoms with van der Waals surface area (Å²) >= 11 is 0. The van der Waals surface area contributed by atoms with Gasteiger partial charge >= 0.3 is 0 Å². The largest absolute Gasteiger partial charge is 0.493 e. The number of methoxy groups -OCH3 is 1. The molecule has 0 bridgehead atoms. The number of carbonyl (C=O) groups is 2. The van der Waals surface area contributed by atoms with Crippen LogP contribution in [0.3, 0.4) is 0 Å². The van der Waals surface area contributed by atoms with E-state index in [0.29, 0.717) is 23.6 Å². The van der Waals surface area contributed by atoms with Crippen LogP contribution >= 0.6 is 12.4 Å². The molecule has 0 saturated carbocycles. The van der Waals surface area contributed by atoms with E-state index in [1.165, 1.54) is 7.11 Å². The molecule has 2 amide bonds. The number of piperazine rings is 1. The fraction of sp³-hybridized carbons (Fsp3) is 0.500. The molecule has 0 aliphatic carbocycles. The van der Waals surface area contributed by atoms with E-state index in [9.17, 15) is 9.59 Å². The molecule has 134 valence electrons. The Hall–Kier alpha value is -1.99. The summed E-state index contributed by atoms with van der Waals surface area (Å²) in [5.41, 5.74) is 0.544. The van der Waals surface area contributed by atoms with Gasteiger partial charge in [-0.1, -0.05) is 0 Å². The van der Waals surface area contributed by atoms with Crippen LogP contribution in [0.4, 0.5) is 0 Å². The number of nitrogens with one attached hydrogen (secondary N) is 2. The van der Waals surface area contributed by atoms with Gasteiger partial charge in [-0.05, 0) is 25.1 Å². The number of ether oxygens (including phenoxy) is 2. The van der Waals surface area contributed by atoms with E-state index in [-0.39, 0.29) is 36.9 Å². The van der Waals surface area contributed by atoms with Crippen molar-refractivity contribution in [2.75, 3.05) is 40.4 Å². The van der Waals surface area contributed by atoms with Crippen LogP contribution in [-0.4, -0.2) is 63.2 Å². The smallest absolute Gasteiger partial charge is 0.257 e. The number of halogens is 1. The summed E-state index contributed by atoms with van der Waals surface area (Å²) in [4.78, 5) is 25.7. The Bertz CT molecular complexity index is 582. The second-order valence-corrected chi connectivity index (χ2v) is 5.38. The number of benzene rings is 1. The van der Waals surface area contributed by atoms with Gasteiger partial charge in [-0.3, -0.25) is 9.59 Å². The first kappa shape index (κ1) is 20.1. The van der Waals surface area contributed by atoms with Crippen LogP contribution in [0.2, 0.25) is 0 Å². The third-order valence-corrected chi connectivity index (χ3v) is 3.81. The Morgan fingerprint density at radius 3 is 2.75 bits per heavy atom. The minimum absolute atomic E-state index is 0. The second-order valence-electron chi connectivity index (χ2n) is 5.38. The molecule has 0 spiro atoms. The van der Waals surface area contributed by atoms with Crippen LogP contribution in [0.5, 0.6) is 11.5 Å². The fourth-order valence-electron chi connectivity index (χ4n) is 2.44. The van der Waals surface area contributed by atoms with Crippen LogP contribution in [0.25, 0.3) is 0 Å². The van der Waals surface area contributed by atoms with Crippen LogP contribution in [0, 0.1) is 0 Å². The number of likely N-dealkylation sites (N-methyl/N-ethyl adjacent to an activating group) is 1. The molecule has 0 unspecified atom stereocenters. The molecular formula is C16H24ClN3O4. The van der Waals surface area contributed by atoms with Gasteiger partial charge in [0.25, 0.3) is 11.8 Å². The van der Waals surface area contributed by atoms with Gasteiger partial charge in [0.1, 0.15) is 0 Å². The Morgan fingerprint density at radius 1 is 1.38 bits per heavy atom. The summed E-state index contributed by atoms with van der Waals surface area (Å²) in [7, 11) is 3.04. The zero-order valence-corrected chi connectivity index (χ0v) is 14.9. The van der Waals surface area contributed by atoms with Gasteiger partial charge in [0.05, 0.1) is 7.11 Å². The van der Waals surface area contributed by atoms with E-state index in [1.54, 1.807) is 25.2 Å². The first-order valence-corrected chi connectivity index (χ1v) is 7.60. The lowest BCUT2D eigenvalue weighted by Gasteiger charge is -2.34. The number of rotatable bonds is 5.